The Balaban J connectivity index is 2.39. The molecule has 0 atom stereocenters. The van der Waals surface area contributed by atoms with Gasteiger partial charge in [-0.1, -0.05) is 45.4 Å². The van der Waals surface area contributed by atoms with Crippen LogP contribution in [0.4, 0.5) is 11.5 Å². The predicted octanol–water partition coefficient (Wildman–Crippen LogP) is 3.01. The van der Waals surface area contributed by atoms with Crippen LogP contribution in [0.1, 0.15) is 39.2 Å². The minimum absolute atomic E-state index is 0.0436. The van der Waals surface area contributed by atoms with Crippen LogP contribution in [0.5, 0.6) is 0 Å². The van der Waals surface area contributed by atoms with Gasteiger partial charge >= 0.3 is 5.69 Å². The third-order valence-corrected chi connectivity index (χ3v) is 5.67. The lowest BCUT2D eigenvalue weighted by Gasteiger charge is -2.26. The molecule has 3 N–H and O–H groups in total. The molecule has 0 spiro atoms. The number of benzene rings is 1. The smallest absolute Gasteiger partial charge is 0.330 e. The van der Waals surface area contributed by atoms with Crippen molar-refractivity contribution < 1.29 is 4.79 Å². The van der Waals surface area contributed by atoms with E-state index in [0.29, 0.717) is 13.1 Å². The quantitative estimate of drug-likeness (QED) is 0.610. The van der Waals surface area contributed by atoms with E-state index in [1.165, 1.54) is 21.2 Å². The van der Waals surface area contributed by atoms with E-state index < -0.39 is 11.2 Å². The van der Waals surface area contributed by atoms with Crippen LogP contribution in [0.15, 0.2) is 38.8 Å². The van der Waals surface area contributed by atoms with Gasteiger partial charge in [0.25, 0.3) is 5.56 Å². The fourth-order valence-corrected chi connectivity index (χ4v) is 3.90. The molecule has 0 fully saturated rings. The Hall–Kier alpha value is -2.48. The summed E-state index contributed by atoms with van der Waals surface area (Å²) in [6.45, 7) is 8.66. The lowest BCUT2D eigenvalue weighted by atomic mass is 10.2. The first-order valence-electron chi connectivity index (χ1n) is 9.87. The van der Waals surface area contributed by atoms with Gasteiger partial charge in [-0.05, 0) is 30.9 Å². The Morgan fingerprint density at radius 1 is 1.28 bits per heavy atom. The minimum Gasteiger partial charge on any atom is -0.383 e. The number of amides is 1. The van der Waals surface area contributed by atoms with Crippen LogP contribution >= 0.6 is 11.8 Å². The van der Waals surface area contributed by atoms with Crippen molar-refractivity contribution in [2.45, 2.75) is 52.0 Å². The topological polar surface area (TPSA) is 101 Å². The number of nitrogens with zero attached hydrogens (tertiary/aromatic N) is 2. The lowest BCUT2D eigenvalue weighted by Crippen LogP contribution is -2.43. The van der Waals surface area contributed by atoms with Crippen LogP contribution in [0.25, 0.3) is 0 Å². The molecule has 1 heterocycles. The first-order chi connectivity index (χ1) is 13.8. The number of nitrogen functional groups attached to an aromatic ring is 1. The zero-order valence-electron chi connectivity index (χ0n) is 17.5. The molecule has 1 aromatic carbocycles. The van der Waals surface area contributed by atoms with E-state index >= 15 is 0 Å². The number of thioether (sulfide) groups is 1. The van der Waals surface area contributed by atoms with Gasteiger partial charge in [-0.25, -0.2) is 4.79 Å². The van der Waals surface area contributed by atoms with E-state index in [0.717, 1.165) is 23.3 Å². The van der Waals surface area contributed by atoms with Crippen LogP contribution in [-0.4, -0.2) is 27.8 Å². The summed E-state index contributed by atoms with van der Waals surface area (Å²) in [5.41, 5.74) is 6.19. The SMILES string of the molecule is CCCCn1c(N)c(N(CC(C)C)C(=O)CSc2ccccc2C)c(=O)[nH]c1=O. The monoisotopic (exact) mass is 418 g/mol. The highest BCUT2D eigenvalue weighted by molar-refractivity contribution is 8.00. The predicted molar refractivity (Wildman–Crippen MR) is 120 cm³/mol. The fraction of sp³-hybridized carbons (Fsp3) is 0.476. The number of nitrogens with one attached hydrogen (secondary N) is 1. The zero-order chi connectivity index (χ0) is 21.6. The summed E-state index contributed by atoms with van der Waals surface area (Å²) >= 11 is 1.43. The van der Waals surface area contributed by atoms with Gasteiger partial charge in [0.05, 0.1) is 5.75 Å². The van der Waals surface area contributed by atoms with Crippen molar-refractivity contribution in [3.05, 3.63) is 50.7 Å². The molecule has 0 saturated carbocycles. The molecule has 158 valence electrons. The summed E-state index contributed by atoms with van der Waals surface area (Å²) in [5.74, 6) is 0.119. The highest BCUT2D eigenvalue weighted by Gasteiger charge is 2.25. The van der Waals surface area contributed by atoms with E-state index in [9.17, 15) is 14.4 Å². The summed E-state index contributed by atoms with van der Waals surface area (Å²) in [5, 5.41) is 0. The van der Waals surface area contributed by atoms with Gasteiger partial charge in [0.15, 0.2) is 5.69 Å². The number of unbranched alkanes of at least 4 members (excludes halogenated alkanes) is 1. The maximum absolute atomic E-state index is 13.1. The molecule has 0 radical (unpaired) electrons. The number of aromatic amines is 1. The summed E-state index contributed by atoms with van der Waals surface area (Å²) in [6.07, 6.45) is 1.62. The molecule has 0 aliphatic heterocycles. The van der Waals surface area contributed by atoms with E-state index in [1.807, 2.05) is 52.0 Å². The van der Waals surface area contributed by atoms with Crippen LogP contribution in [0.2, 0.25) is 0 Å². The number of hydrogen-bond acceptors (Lipinski definition) is 5. The fourth-order valence-electron chi connectivity index (χ4n) is 3.00. The van der Waals surface area contributed by atoms with Gasteiger partial charge in [0.1, 0.15) is 5.82 Å². The summed E-state index contributed by atoms with van der Waals surface area (Å²) in [7, 11) is 0. The molecule has 2 aromatic rings. The van der Waals surface area contributed by atoms with Gasteiger partial charge in [0.2, 0.25) is 5.91 Å². The Bertz CT molecular complexity index is 965. The van der Waals surface area contributed by atoms with E-state index in [-0.39, 0.29) is 29.1 Å². The van der Waals surface area contributed by atoms with Gasteiger partial charge in [-0.15, -0.1) is 11.8 Å². The lowest BCUT2D eigenvalue weighted by molar-refractivity contribution is -0.116. The second kappa shape index (κ2) is 10.3. The number of aromatic nitrogens is 2. The summed E-state index contributed by atoms with van der Waals surface area (Å²) < 4.78 is 1.34. The van der Waals surface area contributed by atoms with Crippen molar-refractivity contribution in [1.82, 2.24) is 9.55 Å². The van der Waals surface area contributed by atoms with Gasteiger partial charge in [-0.3, -0.25) is 19.1 Å². The third-order valence-electron chi connectivity index (χ3n) is 4.51. The normalized spacial score (nSPS) is 11.1. The van der Waals surface area contributed by atoms with E-state index in [2.05, 4.69) is 4.98 Å². The van der Waals surface area contributed by atoms with Crippen molar-refractivity contribution in [3.63, 3.8) is 0 Å². The molecular formula is C21H30N4O3S. The average molecular weight is 419 g/mol. The van der Waals surface area contributed by atoms with Crippen molar-refractivity contribution >= 4 is 29.2 Å². The number of carbonyl (C=O) groups excluding carboxylic acids is 1. The van der Waals surface area contributed by atoms with Crippen molar-refractivity contribution in [3.8, 4) is 0 Å². The van der Waals surface area contributed by atoms with Crippen LogP contribution in [-0.2, 0) is 11.3 Å². The van der Waals surface area contributed by atoms with Crippen LogP contribution in [0, 0.1) is 12.8 Å². The Labute approximate surface area is 175 Å². The molecule has 0 saturated heterocycles. The second-order valence-electron chi connectivity index (χ2n) is 7.45. The van der Waals surface area contributed by atoms with Crippen molar-refractivity contribution in [2.75, 3.05) is 22.9 Å². The molecular weight excluding hydrogens is 388 g/mol. The number of rotatable bonds is 9. The first kappa shape index (κ1) is 22.8. The van der Waals surface area contributed by atoms with Crippen LogP contribution < -0.4 is 21.9 Å². The molecule has 29 heavy (non-hydrogen) atoms. The maximum atomic E-state index is 13.1. The maximum Gasteiger partial charge on any atom is 0.330 e. The minimum atomic E-state index is -0.629. The highest BCUT2D eigenvalue weighted by atomic mass is 32.2. The molecule has 8 heteroatoms. The number of anilines is 2. The Morgan fingerprint density at radius 2 is 1.97 bits per heavy atom. The van der Waals surface area contributed by atoms with Crippen LogP contribution in [0.3, 0.4) is 0 Å². The highest BCUT2D eigenvalue weighted by Crippen LogP contribution is 2.24. The Morgan fingerprint density at radius 3 is 2.59 bits per heavy atom. The number of aryl methyl sites for hydroxylation is 1. The zero-order valence-corrected chi connectivity index (χ0v) is 18.3. The van der Waals surface area contributed by atoms with Crippen molar-refractivity contribution in [2.24, 2.45) is 5.92 Å². The first-order valence-corrected chi connectivity index (χ1v) is 10.9. The molecule has 1 amide bonds. The second-order valence-corrected chi connectivity index (χ2v) is 8.47. The van der Waals surface area contributed by atoms with Gasteiger partial charge in [0, 0.05) is 18.0 Å². The number of carbonyl (C=O) groups is 1. The third kappa shape index (κ3) is 5.76. The molecule has 7 nitrogen and oxygen atoms in total. The summed E-state index contributed by atoms with van der Waals surface area (Å²) in [4.78, 5) is 42.6. The molecule has 0 aliphatic rings. The standard InChI is InChI=1S/C21H30N4O3S/c1-5-6-11-24-19(22)18(20(27)23-21(24)28)25(12-14(2)3)17(26)13-29-16-10-8-7-9-15(16)4/h7-10,14H,5-6,11-13,22H2,1-4H3,(H,23,27,28). The van der Waals surface area contributed by atoms with E-state index in [1.54, 1.807) is 0 Å². The molecule has 0 unspecified atom stereocenters. The van der Waals surface area contributed by atoms with Crippen molar-refractivity contribution in [1.29, 1.82) is 0 Å². The average Bonchev–Trinajstić information content (AvgIpc) is 2.65. The molecule has 0 bridgehead atoms. The van der Waals surface area contributed by atoms with Gasteiger partial charge < -0.3 is 10.6 Å². The van der Waals surface area contributed by atoms with E-state index in [4.69, 9.17) is 5.73 Å². The Kier molecular flexibility index (Phi) is 8.13. The number of nitrogens with two attached hydrogens (primary N) is 1. The number of hydrogen-bond donors (Lipinski definition) is 2. The number of H-pyrrole nitrogens is 1. The summed E-state index contributed by atoms with van der Waals surface area (Å²) in [6, 6.07) is 7.83. The molecule has 2 rings (SSSR count). The largest absolute Gasteiger partial charge is 0.383 e. The molecule has 1 aromatic heterocycles. The van der Waals surface area contributed by atoms with Gasteiger partial charge in [-0.2, -0.15) is 0 Å². The molecule has 0 aliphatic carbocycles.